The van der Waals surface area contributed by atoms with Gasteiger partial charge < -0.3 is 13.9 Å². The smallest absolute Gasteiger partial charge is 0.337 e. The third-order valence-corrected chi connectivity index (χ3v) is 3.55. The molecule has 3 rings (SSSR count). The van der Waals surface area contributed by atoms with Crippen molar-refractivity contribution < 1.29 is 18.7 Å². The zero-order valence-corrected chi connectivity index (χ0v) is 12.7. The second-order valence-corrected chi connectivity index (χ2v) is 4.93. The molecule has 0 N–H and O–H groups in total. The predicted octanol–water partition coefficient (Wildman–Crippen LogP) is 3.94. The summed E-state index contributed by atoms with van der Waals surface area (Å²) in [6.07, 6.45) is 1.60. The van der Waals surface area contributed by atoms with Crippen molar-refractivity contribution in [3.05, 3.63) is 47.1 Å². The maximum absolute atomic E-state index is 11.7. The number of esters is 1. The van der Waals surface area contributed by atoms with Gasteiger partial charge in [0, 0.05) is 12.3 Å². The number of rotatable bonds is 3. The van der Waals surface area contributed by atoms with Crippen molar-refractivity contribution in [3.63, 3.8) is 0 Å². The first-order valence-electron chi connectivity index (χ1n) is 6.45. The Bertz CT molecular complexity index is 856. The fourth-order valence-corrected chi connectivity index (χ4v) is 2.38. The van der Waals surface area contributed by atoms with Gasteiger partial charge in [-0.25, -0.2) is 4.79 Å². The lowest BCUT2D eigenvalue weighted by atomic mass is 10.1. The van der Waals surface area contributed by atoms with Gasteiger partial charge in [0.1, 0.15) is 17.0 Å². The summed E-state index contributed by atoms with van der Waals surface area (Å²) < 4.78 is 15.8. The van der Waals surface area contributed by atoms with Crippen molar-refractivity contribution in [3.8, 4) is 17.1 Å². The molecule has 0 atom stereocenters. The molecule has 0 unspecified atom stereocenters. The van der Waals surface area contributed by atoms with Crippen LogP contribution in [0.2, 0.25) is 5.02 Å². The number of hydrogen-bond acceptors (Lipinski definition) is 5. The van der Waals surface area contributed by atoms with E-state index in [0.29, 0.717) is 38.8 Å². The van der Waals surface area contributed by atoms with Crippen molar-refractivity contribution in [2.24, 2.45) is 0 Å². The molecule has 0 saturated carbocycles. The van der Waals surface area contributed by atoms with Crippen LogP contribution in [0, 0.1) is 0 Å². The van der Waals surface area contributed by atoms with Gasteiger partial charge in [0.15, 0.2) is 5.58 Å². The lowest BCUT2D eigenvalue weighted by molar-refractivity contribution is 0.0601. The highest BCUT2D eigenvalue weighted by Gasteiger charge is 2.16. The number of hydrogen-bond donors (Lipinski definition) is 0. The maximum atomic E-state index is 11.7. The van der Waals surface area contributed by atoms with Crippen LogP contribution in [-0.4, -0.2) is 25.2 Å². The van der Waals surface area contributed by atoms with E-state index in [1.54, 1.807) is 43.6 Å². The van der Waals surface area contributed by atoms with Gasteiger partial charge in [0.2, 0.25) is 0 Å². The molecular formula is C16H12ClNO4. The zero-order valence-electron chi connectivity index (χ0n) is 11.9. The van der Waals surface area contributed by atoms with Crippen molar-refractivity contribution >= 4 is 28.7 Å². The van der Waals surface area contributed by atoms with Crippen LogP contribution in [0.25, 0.3) is 22.4 Å². The van der Waals surface area contributed by atoms with E-state index in [-0.39, 0.29) is 0 Å². The van der Waals surface area contributed by atoms with Gasteiger partial charge in [0.25, 0.3) is 0 Å². The quantitative estimate of drug-likeness (QED) is 0.685. The number of aromatic nitrogens is 1. The second-order valence-electron chi connectivity index (χ2n) is 4.52. The van der Waals surface area contributed by atoms with Crippen LogP contribution in [0.3, 0.4) is 0 Å². The summed E-state index contributed by atoms with van der Waals surface area (Å²) in [6.45, 7) is 0. The van der Waals surface area contributed by atoms with Crippen molar-refractivity contribution in [1.82, 2.24) is 4.98 Å². The summed E-state index contributed by atoms with van der Waals surface area (Å²) in [5.74, 6) is 0.650. The minimum atomic E-state index is -0.434. The predicted molar refractivity (Wildman–Crippen MR) is 82.3 cm³/mol. The van der Waals surface area contributed by atoms with E-state index in [1.807, 2.05) is 0 Å². The number of methoxy groups -OCH3 is 2. The number of halogens is 1. The average Bonchev–Trinajstić information content (AvgIpc) is 2.99. The Morgan fingerprint density at radius 1 is 1.23 bits per heavy atom. The standard InChI is InChI=1S/C16H12ClNO4/c1-20-13-4-3-9(16(19)21-2)7-10(13)14-8-12-15(22-14)11(17)5-6-18-12/h3-8H,1-2H3. The Morgan fingerprint density at radius 2 is 2.05 bits per heavy atom. The lowest BCUT2D eigenvalue weighted by Gasteiger charge is -2.08. The first-order chi connectivity index (χ1) is 10.6. The molecule has 22 heavy (non-hydrogen) atoms. The number of benzene rings is 1. The molecule has 0 spiro atoms. The average molecular weight is 318 g/mol. The molecule has 1 aromatic carbocycles. The van der Waals surface area contributed by atoms with Crippen LogP contribution in [0.5, 0.6) is 5.75 Å². The zero-order chi connectivity index (χ0) is 15.7. The molecule has 0 radical (unpaired) electrons. The highest BCUT2D eigenvalue weighted by Crippen LogP contribution is 2.36. The van der Waals surface area contributed by atoms with E-state index < -0.39 is 5.97 Å². The number of pyridine rings is 1. The molecule has 2 heterocycles. The summed E-state index contributed by atoms with van der Waals surface area (Å²) in [5, 5.41) is 0.472. The topological polar surface area (TPSA) is 61.6 Å². The number of carbonyl (C=O) groups is 1. The van der Waals surface area contributed by atoms with E-state index in [4.69, 9.17) is 25.5 Å². The molecule has 0 fully saturated rings. The van der Waals surface area contributed by atoms with Gasteiger partial charge in [-0.15, -0.1) is 0 Å². The summed E-state index contributed by atoms with van der Waals surface area (Å²) in [7, 11) is 2.88. The third kappa shape index (κ3) is 2.40. The fourth-order valence-electron chi connectivity index (χ4n) is 2.19. The number of ether oxygens (including phenoxy) is 2. The number of furan rings is 1. The fraction of sp³-hybridized carbons (Fsp3) is 0.125. The van der Waals surface area contributed by atoms with Gasteiger partial charge in [0.05, 0.1) is 30.4 Å². The number of carbonyl (C=O) groups excluding carboxylic acids is 1. The van der Waals surface area contributed by atoms with Gasteiger partial charge in [-0.2, -0.15) is 0 Å². The minimum Gasteiger partial charge on any atom is -0.496 e. The Kier molecular flexibility index (Phi) is 3.73. The van der Waals surface area contributed by atoms with Gasteiger partial charge >= 0.3 is 5.97 Å². The molecular weight excluding hydrogens is 306 g/mol. The van der Waals surface area contributed by atoms with E-state index in [0.717, 1.165) is 0 Å². The molecule has 0 aliphatic heterocycles. The molecule has 0 aliphatic carbocycles. The molecule has 112 valence electrons. The van der Waals surface area contributed by atoms with Crippen molar-refractivity contribution in [2.45, 2.75) is 0 Å². The normalized spacial score (nSPS) is 10.7. The highest BCUT2D eigenvalue weighted by molar-refractivity contribution is 6.34. The van der Waals surface area contributed by atoms with Gasteiger partial charge in [-0.3, -0.25) is 4.98 Å². The van der Waals surface area contributed by atoms with Crippen LogP contribution >= 0.6 is 11.6 Å². The van der Waals surface area contributed by atoms with Gasteiger partial charge in [-0.1, -0.05) is 11.6 Å². The molecule has 0 saturated heterocycles. The largest absolute Gasteiger partial charge is 0.496 e. The summed E-state index contributed by atoms with van der Waals surface area (Å²) >= 11 is 6.10. The molecule has 0 bridgehead atoms. The Labute approximate surface area is 131 Å². The van der Waals surface area contributed by atoms with Crippen LogP contribution in [-0.2, 0) is 4.74 Å². The summed E-state index contributed by atoms with van der Waals surface area (Å²) in [4.78, 5) is 15.9. The Balaban J connectivity index is 2.19. The SMILES string of the molecule is COC(=O)c1ccc(OC)c(-c2cc3nccc(Cl)c3o2)c1. The van der Waals surface area contributed by atoms with E-state index >= 15 is 0 Å². The molecule has 6 heteroatoms. The number of nitrogens with zero attached hydrogens (tertiary/aromatic N) is 1. The molecule has 3 aromatic rings. The lowest BCUT2D eigenvalue weighted by Crippen LogP contribution is -2.01. The summed E-state index contributed by atoms with van der Waals surface area (Å²) in [6, 6.07) is 8.36. The van der Waals surface area contributed by atoms with E-state index in [9.17, 15) is 4.79 Å². The number of fused-ring (bicyclic) bond motifs is 1. The Hall–Kier alpha value is -2.53. The van der Waals surface area contributed by atoms with E-state index in [2.05, 4.69) is 4.98 Å². The maximum Gasteiger partial charge on any atom is 0.337 e. The minimum absolute atomic E-state index is 0.401. The highest BCUT2D eigenvalue weighted by atomic mass is 35.5. The van der Waals surface area contributed by atoms with Crippen molar-refractivity contribution in [2.75, 3.05) is 14.2 Å². The molecule has 5 nitrogen and oxygen atoms in total. The van der Waals surface area contributed by atoms with Crippen LogP contribution < -0.4 is 4.74 Å². The monoisotopic (exact) mass is 317 g/mol. The van der Waals surface area contributed by atoms with Crippen LogP contribution in [0.4, 0.5) is 0 Å². The molecule has 0 amide bonds. The van der Waals surface area contributed by atoms with Crippen molar-refractivity contribution in [1.29, 1.82) is 0 Å². The first-order valence-corrected chi connectivity index (χ1v) is 6.82. The van der Waals surface area contributed by atoms with E-state index in [1.165, 1.54) is 7.11 Å². The second kappa shape index (κ2) is 5.69. The first kappa shape index (κ1) is 14.4. The molecule has 2 aromatic heterocycles. The van der Waals surface area contributed by atoms with Gasteiger partial charge in [-0.05, 0) is 24.3 Å². The van der Waals surface area contributed by atoms with Crippen LogP contribution in [0.15, 0.2) is 40.9 Å². The Morgan fingerprint density at radius 3 is 2.73 bits per heavy atom. The summed E-state index contributed by atoms with van der Waals surface area (Å²) in [5.41, 5.74) is 2.15. The van der Waals surface area contributed by atoms with Crippen LogP contribution in [0.1, 0.15) is 10.4 Å². The molecule has 0 aliphatic rings. The third-order valence-electron chi connectivity index (χ3n) is 3.25.